The van der Waals surface area contributed by atoms with Gasteiger partial charge in [0.1, 0.15) is 18.2 Å². The Balaban J connectivity index is 2.81. The van der Waals surface area contributed by atoms with Gasteiger partial charge in [-0.15, -0.1) is 0 Å². The minimum Gasteiger partial charge on any atom is -0.480 e. The first kappa shape index (κ1) is 12.4. The monoisotopic (exact) mass is 223 g/mol. The fourth-order valence-electron chi connectivity index (χ4n) is 1.34. The molecular formula is C11H17N3O2. The van der Waals surface area contributed by atoms with E-state index < -0.39 is 12.0 Å². The van der Waals surface area contributed by atoms with Gasteiger partial charge in [-0.25, -0.2) is 14.8 Å². The van der Waals surface area contributed by atoms with Crippen LogP contribution in [0.15, 0.2) is 12.4 Å². The lowest BCUT2D eigenvalue weighted by atomic mass is 10.1. The van der Waals surface area contributed by atoms with Gasteiger partial charge in [0.05, 0.1) is 0 Å². The number of nitrogens with zero attached hydrogens (tertiary/aromatic N) is 2. The maximum atomic E-state index is 11.0. The lowest BCUT2D eigenvalue weighted by Gasteiger charge is -2.18. The van der Waals surface area contributed by atoms with Crippen molar-refractivity contribution in [2.45, 2.75) is 33.2 Å². The molecule has 1 aromatic rings. The third kappa shape index (κ3) is 3.18. The topological polar surface area (TPSA) is 75.1 Å². The molecule has 1 unspecified atom stereocenters. The van der Waals surface area contributed by atoms with Gasteiger partial charge in [-0.3, -0.25) is 0 Å². The predicted octanol–water partition coefficient (Wildman–Crippen LogP) is 1.56. The average Bonchev–Trinajstić information content (AvgIpc) is 2.25. The van der Waals surface area contributed by atoms with Crippen molar-refractivity contribution in [1.29, 1.82) is 0 Å². The van der Waals surface area contributed by atoms with E-state index in [1.165, 1.54) is 6.33 Å². The molecule has 0 spiro atoms. The van der Waals surface area contributed by atoms with Crippen molar-refractivity contribution < 1.29 is 9.90 Å². The van der Waals surface area contributed by atoms with Crippen LogP contribution in [0.2, 0.25) is 0 Å². The number of hydrogen-bond acceptors (Lipinski definition) is 4. The molecule has 0 saturated heterocycles. The largest absolute Gasteiger partial charge is 0.480 e. The molecule has 0 aliphatic carbocycles. The van der Waals surface area contributed by atoms with Crippen molar-refractivity contribution >= 4 is 11.8 Å². The van der Waals surface area contributed by atoms with Gasteiger partial charge in [0.2, 0.25) is 0 Å². The second kappa shape index (κ2) is 5.44. The summed E-state index contributed by atoms with van der Waals surface area (Å²) in [6.45, 7) is 5.70. The molecule has 0 amide bonds. The highest BCUT2D eigenvalue weighted by Gasteiger charge is 2.21. The Hall–Kier alpha value is -1.65. The minimum atomic E-state index is -0.869. The highest BCUT2D eigenvalue weighted by atomic mass is 16.4. The number of aromatic nitrogens is 2. The molecule has 1 rings (SSSR count). The van der Waals surface area contributed by atoms with Crippen molar-refractivity contribution in [1.82, 2.24) is 9.97 Å². The molecule has 0 saturated carbocycles. The van der Waals surface area contributed by atoms with Crippen LogP contribution < -0.4 is 5.32 Å². The van der Waals surface area contributed by atoms with E-state index in [4.69, 9.17) is 5.11 Å². The zero-order valence-corrected chi connectivity index (χ0v) is 9.77. The molecule has 1 atom stereocenters. The molecule has 0 aromatic carbocycles. The van der Waals surface area contributed by atoms with Crippen LogP contribution >= 0.6 is 0 Å². The highest BCUT2D eigenvalue weighted by Crippen LogP contribution is 2.11. The van der Waals surface area contributed by atoms with Crippen LogP contribution in [-0.2, 0) is 11.2 Å². The first-order chi connectivity index (χ1) is 7.54. The number of nitrogens with one attached hydrogen (secondary N) is 1. The molecule has 2 N–H and O–H groups in total. The van der Waals surface area contributed by atoms with Crippen LogP contribution in [0.4, 0.5) is 5.82 Å². The first-order valence-corrected chi connectivity index (χ1v) is 5.34. The molecule has 0 bridgehead atoms. The van der Waals surface area contributed by atoms with Crippen molar-refractivity contribution in [3.63, 3.8) is 0 Å². The van der Waals surface area contributed by atoms with E-state index in [1.54, 1.807) is 6.07 Å². The normalized spacial score (nSPS) is 12.5. The average molecular weight is 223 g/mol. The quantitative estimate of drug-likeness (QED) is 0.792. The summed E-state index contributed by atoms with van der Waals surface area (Å²) in [5.74, 6) is -0.308. The molecule has 0 aliphatic heterocycles. The first-order valence-electron chi connectivity index (χ1n) is 5.34. The molecular weight excluding hydrogens is 206 g/mol. The summed E-state index contributed by atoms with van der Waals surface area (Å²) in [6, 6.07) is 1.15. The summed E-state index contributed by atoms with van der Waals surface area (Å²) in [5.41, 5.74) is 0.894. The second-order valence-electron chi connectivity index (χ2n) is 3.95. The number of aliphatic carboxylic acids is 1. The van der Waals surface area contributed by atoms with E-state index in [0.717, 1.165) is 12.1 Å². The van der Waals surface area contributed by atoms with Crippen LogP contribution in [0.5, 0.6) is 0 Å². The van der Waals surface area contributed by atoms with Gasteiger partial charge >= 0.3 is 5.97 Å². The number of rotatable bonds is 5. The number of carboxylic acid groups (broad SMARTS) is 1. The smallest absolute Gasteiger partial charge is 0.326 e. The van der Waals surface area contributed by atoms with Crippen LogP contribution in [0, 0.1) is 5.92 Å². The summed E-state index contributed by atoms with van der Waals surface area (Å²) >= 11 is 0. The minimum absolute atomic E-state index is 0.00228. The second-order valence-corrected chi connectivity index (χ2v) is 3.95. The van der Waals surface area contributed by atoms with Gasteiger partial charge in [-0.1, -0.05) is 20.8 Å². The lowest BCUT2D eigenvalue weighted by molar-refractivity contribution is -0.138. The molecule has 1 aromatic heterocycles. The van der Waals surface area contributed by atoms with E-state index in [9.17, 15) is 4.79 Å². The maximum absolute atomic E-state index is 11.0. The number of hydrogen-bond donors (Lipinski definition) is 2. The van der Waals surface area contributed by atoms with E-state index in [0.29, 0.717) is 5.82 Å². The lowest BCUT2D eigenvalue weighted by Crippen LogP contribution is -2.34. The number of carbonyl (C=O) groups is 1. The van der Waals surface area contributed by atoms with Gasteiger partial charge in [0, 0.05) is 11.8 Å². The molecule has 0 fully saturated rings. The van der Waals surface area contributed by atoms with E-state index in [2.05, 4.69) is 15.3 Å². The Morgan fingerprint density at radius 1 is 1.50 bits per heavy atom. The molecule has 0 aliphatic rings. The molecule has 5 nitrogen and oxygen atoms in total. The predicted molar refractivity (Wildman–Crippen MR) is 61.3 cm³/mol. The van der Waals surface area contributed by atoms with Crippen molar-refractivity contribution in [3.05, 3.63) is 18.1 Å². The van der Waals surface area contributed by atoms with Crippen LogP contribution in [0.1, 0.15) is 26.5 Å². The Kier molecular flexibility index (Phi) is 4.22. The number of anilines is 1. The number of carboxylic acids is 1. The zero-order chi connectivity index (χ0) is 12.1. The van der Waals surface area contributed by atoms with Crippen LogP contribution in [-0.4, -0.2) is 27.1 Å². The van der Waals surface area contributed by atoms with Gasteiger partial charge < -0.3 is 10.4 Å². The SMILES string of the molecule is CCc1cc(NC(C(=O)O)C(C)C)ncn1. The van der Waals surface area contributed by atoms with Gasteiger partial charge in [0.15, 0.2) is 0 Å². The summed E-state index contributed by atoms with van der Waals surface area (Å²) < 4.78 is 0. The Labute approximate surface area is 94.9 Å². The molecule has 88 valence electrons. The third-order valence-electron chi connectivity index (χ3n) is 2.32. The Bertz CT molecular complexity index is 366. The van der Waals surface area contributed by atoms with E-state index >= 15 is 0 Å². The van der Waals surface area contributed by atoms with Crippen molar-refractivity contribution in [2.75, 3.05) is 5.32 Å². The summed E-state index contributed by atoms with van der Waals surface area (Å²) in [5, 5.41) is 11.9. The maximum Gasteiger partial charge on any atom is 0.326 e. The molecule has 16 heavy (non-hydrogen) atoms. The summed E-state index contributed by atoms with van der Waals surface area (Å²) in [6.07, 6.45) is 2.25. The molecule has 0 radical (unpaired) electrons. The zero-order valence-electron chi connectivity index (χ0n) is 9.77. The third-order valence-corrected chi connectivity index (χ3v) is 2.32. The molecule has 1 heterocycles. The Morgan fingerprint density at radius 3 is 2.69 bits per heavy atom. The van der Waals surface area contributed by atoms with Crippen molar-refractivity contribution in [3.8, 4) is 0 Å². The van der Waals surface area contributed by atoms with Gasteiger partial charge in [-0.05, 0) is 12.3 Å². The molecule has 5 heteroatoms. The van der Waals surface area contributed by atoms with Crippen LogP contribution in [0.3, 0.4) is 0 Å². The van der Waals surface area contributed by atoms with Crippen molar-refractivity contribution in [2.24, 2.45) is 5.92 Å². The fourth-order valence-corrected chi connectivity index (χ4v) is 1.34. The van der Waals surface area contributed by atoms with Crippen LogP contribution in [0.25, 0.3) is 0 Å². The summed E-state index contributed by atoms with van der Waals surface area (Å²) in [4.78, 5) is 19.1. The summed E-state index contributed by atoms with van der Waals surface area (Å²) in [7, 11) is 0. The standard InChI is InChI=1S/C11H17N3O2/c1-4-8-5-9(13-6-12-8)14-10(7(2)3)11(15)16/h5-7,10H,4H2,1-3H3,(H,15,16)(H,12,13,14). The van der Waals surface area contributed by atoms with Gasteiger partial charge in [-0.2, -0.15) is 0 Å². The van der Waals surface area contributed by atoms with E-state index in [1.807, 2.05) is 20.8 Å². The Morgan fingerprint density at radius 2 is 2.19 bits per heavy atom. The van der Waals surface area contributed by atoms with E-state index in [-0.39, 0.29) is 5.92 Å². The number of aryl methyl sites for hydroxylation is 1. The fraction of sp³-hybridized carbons (Fsp3) is 0.545. The highest BCUT2D eigenvalue weighted by molar-refractivity contribution is 5.77. The van der Waals surface area contributed by atoms with Gasteiger partial charge in [0.25, 0.3) is 0 Å².